The number of halogens is 3. The molecule has 0 aliphatic carbocycles. The Morgan fingerprint density at radius 2 is 1.70 bits per heavy atom. The van der Waals surface area contributed by atoms with Crippen molar-refractivity contribution in [1.82, 2.24) is 19.5 Å². The van der Waals surface area contributed by atoms with Gasteiger partial charge < -0.3 is 14.9 Å². The van der Waals surface area contributed by atoms with E-state index in [0.29, 0.717) is 21.9 Å². The Morgan fingerprint density at radius 3 is 2.36 bits per heavy atom. The molecule has 44 heavy (non-hydrogen) atoms. The third kappa shape index (κ3) is 5.83. The lowest BCUT2D eigenvalue weighted by molar-refractivity contribution is -0.384. The number of aromatic amines is 1. The molecule has 224 valence electrons. The maximum atomic E-state index is 14.2. The van der Waals surface area contributed by atoms with Gasteiger partial charge in [0.25, 0.3) is 17.5 Å². The lowest BCUT2D eigenvalue weighted by Crippen LogP contribution is -2.42. The molecule has 0 atom stereocenters. The largest absolute Gasteiger partial charge is 0.418 e. The molecule has 0 spiro atoms. The normalized spacial score (nSPS) is 11.4. The van der Waals surface area contributed by atoms with Gasteiger partial charge in [-0.1, -0.05) is 30.3 Å². The number of rotatable bonds is 7. The molecule has 5 aromatic rings. The number of carbonyl (C=O) groups is 2. The van der Waals surface area contributed by atoms with Gasteiger partial charge in [-0.15, -0.1) is 0 Å². The second-order valence-corrected chi connectivity index (χ2v) is 9.65. The Labute approximate surface area is 244 Å². The highest BCUT2D eigenvalue weighted by Crippen LogP contribution is 2.36. The fraction of sp³-hybridized carbons (Fsp3) is 0.103. The summed E-state index contributed by atoms with van der Waals surface area (Å²) in [4.78, 5) is 63.2. The Morgan fingerprint density at radius 1 is 1.00 bits per heavy atom. The Kier molecular flexibility index (Phi) is 7.61. The number of amides is 2. The summed E-state index contributed by atoms with van der Waals surface area (Å²) in [5, 5.41) is 13.4. The van der Waals surface area contributed by atoms with Crippen LogP contribution in [0.2, 0.25) is 0 Å². The number of benzene rings is 3. The first-order valence-electron chi connectivity index (χ1n) is 12.8. The number of H-pyrrole nitrogens is 1. The van der Waals surface area contributed by atoms with Gasteiger partial charge in [0.05, 0.1) is 32.8 Å². The quantitative estimate of drug-likeness (QED) is 0.144. The number of alkyl halides is 3. The number of fused-ring (bicyclic) bond motifs is 1. The molecular formula is C29H21F3N6O6. The monoisotopic (exact) mass is 606 g/mol. The van der Waals surface area contributed by atoms with Crippen molar-refractivity contribution in [1.29, 1.82) is 0 Å². The van der Waals surface area contributed by atoms with Crippen LogP contribution in [0.25, 0.3) is 16.7 Å². The van der Waals surface area contributed by atoms with Crippen molar-refractivity contribution in [3.8, 4) is 5.69 Å². The van der Waals surface area contributed by atoms with E-state index in [9.17, 15) is 42.5 Å². The molecule has 0 saturated heterocycles. The molecule has 0 aliphatic heterocycles. The van der Waals surface area contributed by atoms with Crippen molar-refractivity contribution in [2.24, 2.45) is 0 Å². The molecule has 3 aromatic carbocycles. The summed E-state index contributed by atoms with van der Waals surface area (Å²) in [5.74, 6) is -1.41. The van der Waals surface area contributed by atoms with Crippen LogP contribution in [0, 0.1) is 17.0 Å². The summed E-state index contributed by atoms with van der Waals surface area (Å²) >= 11 is 0. The van der Waals surface area contributed by atoms with Gasteiger partial charge in [-0.2, -0.15) is 13.2 Å². The fourth-order valence-electron chi connectivity index (χ4n) is 4.49. The van der Waals surface area contributed by atoms with E-state index in [0.717, 1.165) is 16.8 Å². The van der Waals surface area contributed by atoms with E-state index in [-0.39, 0.29) is 34.4 Å². The van der Waals surface area contributed by atoms with Gasteiger partial charge in [0.2, 0.25) is 0 Å². The number of aryl methyl sites for hydroxylation is 1. The van der Waals surface area contributed by atoms with Gasteiger partial charge >= 0.3 is 17.3 Å². The Hall–Kier alpha value is -5.99. The van der Waals surface area contributed by atoms with Crippen LogP contribution in [0.15, 0.2) is 88.7 Å². The van der Waals surface area contributed by atoms with E-state index in [1.165, 1.54) is 42.6 Å². The van der Waals surface area contributed by atoms with Gasteiger partial charge in [-0.3, -0.25) is 34.7 Å². The fourth-order valence-corrected chi connectivity index (χ4v) is 4.49. The molecule has 0 aliphatic rings. The van der Waals surface area contributed by atoms with E-state index in [1.54, 1.807) is 25.1 Å². The summed E-state index contributed by atoms with van der Waals surface area (Å²) in [6, 6.07) is 14.7. The maximum absolute atomic E-state index is 14.2. The van der Waals surface area contributed by atoms with Gasteiger partial charge in [0.15, 0.2) is 0 Å². The molecular weight excluding hydrogens is 585 g/mol. The number of hydrogen-bond donors (Lipinski definition) is 3. The molecule has 2 aromatic heterocycles. The third-order valence-electron chi connectivity index (χ3n) is 6.74. The molecule has 0 unspecified atom stereocenters. The molecule has 12 nitrogen and oxygen atoms in total. The predicted molar refractivity (Wildman–Crippen MR) is 152 cm³/mol. The van der Waals surface area contributed by atoms with Crippen LogP contribution in [-0.2, 0) is 12.7 Å². The minimum atomic E-state index is -4.92. The number of nitrogens with one attached hydrogen (secondary N) is 3. The molecule has 2 amide bonds. The van der Waals surface area contributed by atoms with Crippen LogP contribution in [0.4, 0.5) is 18.9 Å². The molecule has 0 fully saturated rings. The van der Waals surface area contributed by atoms with E-state index < -0.39 is 45.3 Å². The van der Waals surface area contributed by atoms with Crippen molar-refractivity contribution in [2.75, 3.05) is 5.43 Å². The highest BCUT2D eigenvalue weighted by Gasteiger charge is 2.35. The lowest BCUT2D eigenvalue weighted by Gasteiger charge is -2.18. The second-order valence-electron chi connectivity index (χ2n) is 9.65. The molecule has 0 saturated carbocycles. The first-order valence-corrected chi connectivity index (χ1v) is 12.8. The van der Waals surface area contributed by atoms with Crippen molar-refractivity contribution in [3.05, 3.63) is 138 Å². The molecule has 15 heteroatoms. The highest BCUT2D eigenvalue weighted by molar-refractivity contribution is 6.02. The maximum Gasteiger partial charge on any atom is 0.418 e. The Balaban J connectivity index is 1.52. The smallest absolute Gasteiger partial charge is 0.348 e. The van der Waals surface area contributed by atoms with Crippen molar-refractivity contribution >= 4 is 28.5 Å². The zero-order valence-electron chi connectivity index (χ0n) is 22.6. The standard InChI is InChI=1S/C29H21F3N6O6/c1-16-4-2-3-5-20(16)26(40)35-37-24-13-23(21(29(30,31)32)12-22(24)34-27(41)28(37)42)36-11-10-18(15-36)25(39)33-14-17-6-8-19(9-7-17)38(43)44/h2-13,15H,14H2,1H3,(H,33,39)(H,34,41)(H,35,40). The first kappa shape index (κ1) is 29.5. The number of carbonyl (C=O) groups excluding carboxylic acids is 2. The summed E-state index contributed by atoms with van der Waals surface area (Å²) in [6.45, 7) is 1.64. The molecule has 0 bridgehead atoms. The minimum absolute atomic E-state index is 0.00755. The van der Waals surface area contributed by atoms with E-state index in [2.05, 4.69) is 15.7 Å². The van der Waals surface area contributed by atoms with Crippen LogP contribution in [0.3, 0.4) is 0 Å². The molecule has 2 heterocycles. The van der Waals surface area contributed by atoms with E-state index in [4.69, 9.17) is 0 Å². The number of hydrogen-bond acceptors (Lipinski definition) is 6. The van der Waals surface area contributed by atoms with Crippen LogP contribution < -0.4 is 21.9 Å². The second kappa shape index (κ2) is 11.4. The van der Waals surface area contributed by atoms with E-state index >= 15 is 0 Å². The zero-order chi connectivity index (χ0) is 31.8. The third-order valence-corrected chi connectivity index (χ3v) is 6.74. The number of aromatic nitrogens is 3. The minimum Gasteiger partial charge on any atom is -0.348 e. The van der Waals surface area contributed by atoms with Crippen LogP contribution >= 0.6 is 0 Å². The molecule has 3 N–H and O–H groups in total. The number of nitro benzene ring substituents is 1. The first-order chi connectivity index (χ1) is 20.8. The lowest BCUT2D eigenvalue weighted by atomic mass is 10.1. The zero-order valence-corrected chi connectivity index (χ0v) is 22.6. The van der Waals surface area contributed by atoms with Crippen molar-refractivity contribution in [3.63, 3.8) is 0 Å². The van der Waals surface area contributed by atoms with Gasteiger partial charge in [-0.05, 0) is 42.3 Å². The summed E-state index contributed by atoms with van der Waals surface area (Å²) in [7, 11) is 0. The SMILES string of the molecule is Cc1ccccc1C(=O)Nn1c(=O)c(=O)[nH]c2cc(C(F)(F)F)c(-n3ccc(C(=O)NCc4ccc([N+](=O)[O-])cc4)c3)cc21. The van der Waals surface area contributed by atoms with Crippen LogP contribution in [0.1, 0.15) is 37.4 Å². The number of nitro groups is 1. The number of nitrogens with zero attached hydrogens (tertiary/aromatic N) is 3. The summed E-state index contributed by atoms with van der Waals surface area (Å²) in [6.07, 6.45) is -2.58. The van der Waals surface area contributed by atoms with Gasteiger partial charge in [0.1, 0.15) is 0 Å². The summed E-state index contributed by atoms with van der Waals surface area (Å²) < 4.78 is 44.2. The van der Waals surface area contributed by atoms with Crippen LogP contribution in [0.5, 0.6) is 0 Å². The average Bonchev–Trinajstić information content (AvgIpc) is 3.48. The molecule has 5 rings (SSSR count). The highest BCUT2D eigenvalue weighted by atomic mass is 19.4. The van der Waals surface area contributed by atoms with Crippen molar-refractivity contribution in [2.45, 2.75) is 19.6 Å². The van der Waals surface area contributed by atoms with Gasteiger partial charge in [0, 0.05) is 36.6 Å². The average molecular weight is 607 g/mol. The Bertz CT molecular complexity index is 2060. The number of non-ortho nitro benzene ring substituents is 1. The summed E-state index contributed by atoms with van der Waals surface area (Å²) in [5.41, 5.74) is -1.33. The molecule has 0 radical (unpaired) electrons. The van der Waals surface area contributed by atoms with E-state index in [1.807, 2.05) is 0 Å². The topological polar surface area (TPSA) is 161 Å². The van der Waals surface area contributed by atoms with Crippen LogP contribution in [-0.4, -0.2) is 31.0 Å². The van der Waals surface area contributed by atoms with Crippen molar-refractivity contribution < 1.29 is 27.7 Å². The predicted octanol–water partition coefficient (Wildman–Crippen LogP) is 4.03. The van der Waals surface area contributed by atoms with Gasteiger partial charge in [-0.25, -0.2) is 4.68 Å².